The van der Waals surface area contributed by atoms with Gasteiger partial charge in [0.15, 0.2) is 0 Å². The summed E-state index contributed by atoms with van der Waals surface area (Å²) in [4.78, 5) is 12.1. The largest absolute Gasteiger partial charge is 0.421 e. The summed E-state index contributed by atoms with van der Waals surface area (Å²) in [6.45, 7) is 4.00. The van der Waals surface area contributed by atoms with Gasteiger partial charge in [0.1, 0.15) is 0 Å². The fraction of sp³-hybridized carbons (Fsp3) is 0.211. The predicted molar refractivity (Wildman–Crippen MR) is 100 cm³/mol. The van der Waals surface area contributed by atoms with Crippen LogP contribution in [-0.2, 0) is 11.2 Å². The Balaban J connectivity index is 1.57. The van der Waals surface area contributed by atoms with Crippen molar-refractivity contribution in [3.63, 3.8) is 0 Å². The number of aryl methyl sites for hydroxylation is 3. The predicted octanol–water partition coefficient (Wildman–Crippen LogP) is 4.69. The lowest BCUT2D eigenvalue weighted by molar-refractivity contribution is -0.116. The Morgan fingerprint density at radius 2 is 1.88 bits per heavy atom. The van der Waals surface area contributed by atoms with Crippen LogP contribution in [0.25, 0.3) is 11.5 Å². The molecule has 1 heterocycles. The molecule has 0 aliphatic rings. The first-order valence-electron chi connectivity index (χ1n) is 7.97. The number of anilines is 1. The third-order valence-electron chi connectivity index (χ3n) is 3.77. The molecule has 1 amide bonds. The van der Waals surface area contributed by atoms with Crippen LogP contribution in [0.1, 0.15) is 23.4 Å². The van der Waals surface area contributed by atoms with E-state index in [-0.39, 0.29) is 12.3 Å². The number of carbonyl (C=O) groups is 1. The molecule has 128 valence electrons. The van der Waals surface area contributed by atoms with Gasteiger partial charge in [-0.1, -0.05) is 33.6 Å². The number of aromatic nitrogens is 2. The van der Waals surface area contributed by atoms with Crippen molar-refractivity contribution in [1.29, 1.82) is 0 Å². The number of nitrogens with zero attached hydrogens (tertiary/aromatic N) is 2. The zero-order chi connectivity index (χ0) is 17.8. The average Bonchev–Trinajstić information content (AvgIpc) is 3.06. The number of rotatable bonds is 5. The van der Waals surface area contributed by atoms with Crippen LogP contribution in [0.2, 0.25) is 0 Å². The fourth-order valence-corrected chi connectivity index (χ4v) is 2.58. The molecule has 0 unspecified atom stereocenters. The van der Waals surface area contributed by atoms with E-state index >= 15 is 0 Å². The van der Waals surface area contributed by atoms with Crippen LogP contribution in [-0.4, -0.2) is 16.1 Å². The van der Waals surface area contributed by atoms with Crippen LogP contribution in [0, 0.1) is 13.8 Å². The van der Waals surface area contributed by atoms with Gasteiger partial charge in [-0.2, -0.15) is 0 Å². The summed E-state index contributed by atoms with van der Waals surface area (Å²) in [6, 6.07) is 13.6. The van der Waals surface area contributed by atoms with Crippen molar-refractivity contribution in [2.24, 2.45) is 0 Å². The minimum atomic E-state index is -0.0863. The maximum Gasteiger partial charge on any atom is 0.247 e. The number of amides is 1. The van der Waals surface area contributed by atoms with E-state index in [4.69, 9.17) is 4.42 Å². The van der Waals surface area contributed by atoms with Crippen molar-refractivity contribution >= 4 is 27.5 Å². The zero-order valence-corrected chi connectivity index (χ0v) is 15.6. The smallest absolute Gasteiger partial charge is 0.247 e. The van der Waals surface area contributed by atoms with Gasteiger partial charge in [-0.15, -0.1) is 10.2 Å². The number of halogens is 1. The first-order valence-corrected chi connectivity index (χ1v) is 8.76. The molecule has 0 aliphatic heterocycles. The third kappa shape index (κ3) is 4.54. The van der Waals surface area contributed by atoms with E-state index in [0.717, 1.165) is 21.3 Å². The van der Waals surface area contributed by atoms with Gasteiger partial charge in [-0.05, 0) is 49.7 Å². The Morgan fingerprint density at radius 1 is 1.12 bits per heavy atom. The first-order chi connectivity index (χ1) is 12.0. The summed E-state index contributed by atoms with van der Waals surface area (Å²) in [7, 11) is 0. The van der Waals surface area contributed by atoms with Crippen LogP contribution in [0.15, 0.2) is 51.4 Å². The maximum atomic E-state index is 12.1. The van der Waals surface area contributed by atoms with Gasteiger partial charge in [-0.25, -0.2) is 0 Å². The van der Waals surface area contributed by atoms with Gasteiger partial charge >= 0.3 is 0 Å². The molecule has 0 spiro atoms. The zero-order valence-electron chi connectivity index (χ0n) is 14.0. The highest BCUT2D eigenvalue weighted by Gasteiger charge is 2.11. The molecule has 0 bridgehead atoms. The molecule has 2 aromatic carbocycles. The van der Waals surface area contributed by atoms with Gasteiger partial charge in [0.05, 0.1) is 0 Å². The summed E-state index contributed by atoms with van der Waals surface area (Å²) >= 11 is 3.44. The Hall–Kier alpha value is -2.47. The van der Waals surface area contributed by atoms with Crippen molar-refractivity contribution in [3.8, 4) is 11.5 Å². The molecule has 3 aromatic rings. The highest BCUT2D eigenvalue weighted by atomic mass is 79.9. The molecule has 25 heavy (non-hydrogen) atoms. The Kier molecular flexibility index (Phi) is 5.28. The summed E-state index contributed by atoms with van der Waals surface area (Å²) < 4.78 is 6.65. The Morgan fingerprint density at radius 3 is 2.60 bits per heavy atom. The molecule has 3 rings (SSSR count). The standard InChI is InChI=1S/C19H18BrN3O2/c1-12-3-5-14(6-4-12)19-23-22-18(25-19)10-9-17(24)21-15-7-8-16(20)13(2)11-15/h3-8,11H,9-10H2,1-2H3,(H,21,24). The van der Waals surface area contributed by atoms with Gasteiger partial charge in [0.25, 0.3) is 0 Å². The van der Waals surface area contributed by atoms with Gasteiger partial charge in [-0.3, -0.25) is 4.79 Å². The minimum absolute atomic E-state index is 0.0863. The van der Waals surface area contributed by atoms with Gasteiger partial charge in [0.2, 0.25) is 17.7 Å². The number of hydrogen-bond donors (Lipinski definition) is 1. The summed E-state index contributed by atoms with van der Waals surface area (Å²) in [5.41, 5.74) is 3.89. The van der Waals surface area contributed by atoms with E-state index in [1.165, 1.54) is 5.56 Å². The van der Waals surface area contributed by atoms with E-state index in [1.54, 1.807) is 0 Å². The monoisotopic (exact) mass is 399 g/mol. The molecular formula is C19H18BrN3O2. The first kappa shape index (κ1) is 17.4. The lowest BCUT2D eigenvalue weighted by Crippen LogP contribution is -2.12. The lowest BCUT2D eigenvalue weighted by atomic mass is 10.1. The van der Waals surface area contributed by atoms with E-state index in [0.29, 0.717) is 18.2 Å². The molecule has 0 saturated carbocycles. The molecule has 5 nitrogen and oxygen atoms in total. The van der Waals surface area contributed by atoms with Crippen LogP contribution >= 0.6 is 15.9 Å². The van der Waals surface area contributed by atoms with Crippen molar-refractivity contribution < 1.29 is 9.21 Å². The van der Waals surface area contributed by atoms with Gasteiger partial charge < -0.3 is 9.73 Å². The molecule has 1 N–H and O–H groups in total. The van der Waals surface area contributed by atoms with E-state index < -0.39 is 0 Å². The number of nitrogens with one attached hydrogen (secondary N) is 1. The number of hydrogen-bond acceptors (Lipinski definition) is 4. The molecule has 0 saturated heterocycles. The summed E-state index contributed by atoms with van der Waals surface area (Å²) in [6.07, 6.45) is 0.685. The van der Waals surface area contributed by atoms with Crippen molar-refractivity contribution in [2.45, 2.75) is 26.7 Å². The van der Waals surface area contributed by atoms with Crippen molar-refractivity contribution in [3.05, 3.63) is 64.0 Å². The summed E-state index contributed by atoms with van der Waals surface area (Å²) in [5.74, 6) is 0.841. The highest BCUT2D eigenvalue weighted by Crippen LogP contribution is 2.21. The Bertz CT molecular complexity index is 888. The number of benzene rings is 2. The van der Waals surface area contributed by atoms with Crippen LogP contribution in [0.4, 0.5) is 5.69 Å². The maximum absolute atomic E-state index is 12.1. The van der Waals surface area contributed by atoms with Crippen LogP contribution in [0.3, 0.4) is 0 Å². The molecule has 6 heteroatoms. The van der Waals surface area contributed by atoms with Crippen molar-refractivity contribution in [2.75, 3.05) is 5.32 Å². The third-order valence-corrected chi connectivity index (χ3v) is 4.66. The molecule has 1 aromatic heterocycles. The average molecular weight is 400 g/mol. The second kappa shape index (κ2) is 7.61. The highest BCUT2D eigenvalue weighted by molar-refractivity contribution is 9.10. The normalized spacial score (nSPS) is 10.7. The van der Waals surface area contributed by atoms with Crippen LogP contribution in [0.5, 0.6) is 0 Å². The van der Waals surface area contributed by atoms with E-state index in [9.17, 15) is 4.79 Å². The molecule has 0 fully saturated rings. The molecule has 0 radical (unpaired) electrons. The SMILES string of the molecule is Cc1ccc(-c2nnc(CCC(=O)Nc3ccc(Br)c(C)c3)o2)cc1. The van der Waals surface area contributed by atoms with Crippen molar-refractivity contribution in [1.82, 2.24) is 10.2 Å². The summed E-state index contributed by atoms with van der Waals surface area (Å²) in [5, 5.41) is 10.9. The lowest BCUT2D eigenvalue weighted by Gasteiger charge is -2.06. The molecule has 0 atom stereocenters. The second-order valence-electron chi connectivity index (χ2n) is 5.88. The van der Waals surface area contributed by atoms with E-state index in [1.807, 2.05) is 56.3 Å². The Labute approximate surface area is 154 Å². The van der Waals surface area contributed by atoms with Crippen LogP contribution < -0.4 is 5.32 Å². The molecular weight excluding hydrogens is 382 g/mol. The quantitative estimate of drug-likeness (QED) is 0.675. The van der Waals surface area contributed by atoms with Gasteiger partial charge in [0, 0.05) is 28.6 Å². The van der Waals surface area contributed by atoms with E-state index in [2.05, 4.69) is 31.4 Å². The topological polar surface area (TPSA) is 68.0 Å². The number of carbonyl (C=O) groups excluding carboxylic acids is 1. The fourth-order valence-electron chi connectivity index (χ4n) is 2.33. The minimum Gasteiger partial charge on any atom is -0.421 e. The molecule has 0 aliphatic carbocycles. The second-order valence-corrected chi connectivity index (χ2v) is 6.73.